The van der Waals surface area contributed by atoms with E-state index in [2.05, 4.69) is 31.3 Å². The van der Waals surface area contributed by atoms with Gasteiger partial charge in [-0.05, 0) is 38.5 Å². The van der Waals surface area contributed by atoms with Crippen LogP contribution >= 0.6 is 0 Å². The smallest absolute Gasteiger partial charge is 0.220 e. The van der Waals surface area contributed by atoms with Gasteiger partial charge in [0.2, 0.25) is 5.91 Å². The maximum Gasteiger partial charge on any atom is 0.220 e. The van der Waals surface area contributed by atoms with E-state index >= 15 is 0 Å². The first-order valence-electron chi connectivity index (χ1n) is 35.9. The third-order valence-electron chi connectivity index (χ3n) is 17.6. The molecule has 7 atom stereocenters. The van der Waals surface area contributed by atoms with E-state index in [1.54, 1.807) is 0 Å². The zero-order chi connectivity index (χ0) is 57.9. The van der Waals surface area contributed by atoms with Crippen LogP contribution in [0.3, 0.4) is 0 Å². The standard InChI is InChI=1S/C71H139NO8/c1-3-5-7-9-11-13-15-17-19-21-23-25-27-29-30-31-32-33-34-35-37-38-40-42-44-46-48-50-52-54-56-58-60-65(74)64(63-79-71-70(78)69(77)68(76)66(62-73)80-71)72-67(75)61-59-57-55-53-51-49-47-45-43-41-39-36-28-26-24-22-20-18-16-14-12-10-8-6-4-2/h22,24,64-66,68-71,73-74,76-78H,3-21,23,25-63H2,1-2H3,(H,72,75)/b24-22-. The van der Waals surface area contributed by atoms with E-state index in [-0.39, 0.29) is 12.5 Å². The third-order valence-corrected chi connectivity index (χ3v) is 17.6. The summed E-state index contributed by atoms with van der Waals surface area (Å²) in [4.78, 5) is 13.1. The Morgan fingerprint density at radius 3 is 1.01 bits per heavy atom. The summed E-state index contributed by atoms with van der Waals surface area (Å²) in [6.07, 6.45) is 71.5. The molecule has 80 heavy (non-hydrogen) atoms. The molecule has 1 amide bonds. The summed E-state index contributed by atoms with van der Waals surface area (Å²) in [5, 5.41) is 55.0. The van der Waals surface area contributed by atoms with Crippen molar-refractivity contribution in [3.05, 3.63) is 12.2 Å². The second-order valence-electron chi connectivity index (χ2n) is 25.4. The predicted molar refractivity (Wildman–Crippen MR) is 341 cm³/mol. The Morgan fingerprint density at radius 1 is 0.412 bits per heavy atom. The van der Waals surface area contributed by atoms with Gasteiger partial charge in [-0.15, -0.1) is 0 Å². The number of unbranched alkanes of at least 4 members (excludes halogenated alkanes) is 52. The lowest BCUT2D eigenvalue weighted by atomic mass is 9.99. The molecule has 0 spiro atoms. The molecular weight excluding hydrogens is 995 g/mol. The number of rotatable bonds is 64. The van der Waals surface area contributed by atoms with E-state index in [1.165, 1.54) is 315 Å². The monoisotopic (exact) mass is 1130 g/mol. The molecule has 0 aromatic carbocycles. The summed E-state index contributed by atoms with van der Waals surface area (Å²) in [6, 6.07) is -0.718. The molecule has 1 aliphatic rings. The average Bonchev–Trinajstić information content (AvgIpc) is 3.46. The van der Waals surface area contributed by atoms with Crippen LogP contribution in [0.1, 0.15) is 380 Å². The highest BCUT2D eigenvalue weighted by Gasteiger charge is 2.44. The van der Waals surface area contributed by atoms with E-state index < -0.39 is 49.5 Å². The zero-order valence-electron chi connectivity index (χ0n) is 53.4. The van der Waals surface area contributed by atoms with E-state index in [4.69, 9.17) is 9.47 Å². The van der Waals surface area contributed by atoms with Crippen molar-refractivity contribution < 1.29 is 39.8 Å². The summed E-state index contributed by atoms with van der Waals surface area (Å²) < 4.78 is 11.4. The van der Waals surface area contributed by atoms with E-state index in [1.807, 2.05) is 0 Å². The largest absolute Gasteiger partial charge is 0.394 e. The molecule has 1 saturated heterocycles. The molecular formula is C71H139NO8. The number of amides is 1. The summed E-state index contributed by atoms with van der Waals surface area (Å²) in [5.74, 6) is -0.136. The second kappa shape index (κ2) is 61.0. The van der Waals surface area contributed by atoms with Crippen LogP contribution in [0.5, 0.6) is 0 Å². The van der Waals surface area contributed by atoms with Crippen molar-refractivity contribution in [1.82, 2.24) is 5.32 Å². The van der Waals surface area contributed by atoms with Crippen LogP contribution in [0, 0.1) is 0 Å². The molecule has 0 aliphatic carbocycles. The van der Waals surface area contributed by atoms with E-state index in [9.17, 15) is 30.3 Å². The summed E-state index contributed by atoms with van der Waals surface area (Å²) in [6.45, 7) is 3.90. The van der Waals surface area contributed by atoms with Gasteiger partial charge in [-0.25, -0.2) is 0 Å². The first kappa shape index (κ1) is 76.9. The van der Waals surface area contributed by atoms with Crippen LogP contribution in [0.4, 0.5) is 0 Å². The first-order valence-corrected chi connectivity index (χ1v) is 35.9. The Bertz CT molecular complexity index is 1270. The molecule has 1 aliphatic heterocycles. The van der Waals surface area contributed by atoms with Crippen molar-refractivity contribution in [2.75, 3.05) is 13.2 Å². The molecule has 9 nitrogen and oxygen atoms in total. The molecule has 0 aromatic rings. The second-order valence-corrected chi connectivity index (χ2v) is 25.4. The highest BCUT2D eigenvalue weighted by Crippen LogP contribution is 2.24. The minimum Gasteiger partial charge on any atom is -0.394 e. The normalized spacial score (nSPS) is 18.4. The van der Waals surface area contributed by atoms with E-state index in [0.717, 1.165) is 38.5 Å². The Labute approximate surface area is 496 Å². The minimum atomic E-state index is -1.55. The number of hydrogen-bond donors (Lipinski definition) is 6. The predicted octanol–water partition coefficient (Wildman–Crippen LogP) is 19.5. The zero-order valence-corrected chi connectivity index (χ0v) is 53.4. The van der Waals surface area contributed by atoms with E-state index in [0.29, 0.717) is 12.8 Å². The van der Waals surface area contributed by atoms with Gasteiger partial charge in [0.15, 0.2) is 6.29 Å². The molecule has 6 N–H and O–H groups in total. The maximum absolute atomic E-state index is 13.1. The molecule has 1 rings (SSSR count). The van der Waals surface area contributed by atoms with Gasteiger partial charge in [0.05, 0.1) is 25.4 Å². The van der Waals surface area contributed by atoms with Crippen molar-refractivity contribution in [3.8, 4) is 0 Å². The maximum atomic E-state index is 13.1. The number of hydrogen-bond acceptors (Lipinski definition) is 8. The number of carbonyl (C=O) groups is 1. The first-order chi connectivity index (χ1) is 39.3. The van der Waals surface area contributed by atoms with Gasteiger partial charge >= 0.3 is 0 Å². The number of allylic oxidation sites excluding steroid dienone is 2. The van der Waals surface area contributed by atoms with Gasteiger partial charge in [0, 0.05) is 6.42 Å². The van der Waals surface area contributed by atoms with Gasteiger partial charge in [-0.1, -0.05) is 347 Å². The fourth-order valence-corrected chi connectivity index (χ4v) is 12.0. The van der Waals surface area contributed by atoms with Gasteiger partial charge in [-0.2, -0.15) is 0 Å². The molecule has 0 radical (unpaired) electrons. The number of aliphatic hydroxyl groups is 5. The minimum absolute atomic E-state index is 0.133. The molecule has 7 unspecified atom stereocenters. The lowest BCUT2D eigenvalue weighted by molar-refractivity contribution is -0.302. The van der Waals surface area contributed by atoms with Crippen LogP contribution in [0.2, 0.25) is 0 Å². The van der Waals surface area contributed by atoms with Crippen LogP contribution in [0.25, 0.3) is 0 Å². The van der Waals surface area contributed by atoms with Crippen molar-refractivity contribution in [2.45, 2.75) is 423 Å². The number of ether oxygens (including phenoxy) is 2. The van der Waals surface area contributed by atoms with Crippen molar-refractivity contribution in [1.29, 1.82) is 0 Å². The Balaban J connectivity index is 2.09. The Hall–Kier alpha value is -1.07. The molecule has 9 heteroatoms. The highest BCUT2D eigenvalue weighted by atomic mass is 16.7. The van der Waals surface area contributed by atoms with Crippen LogP contribution in [0.15, 0.2) is 12.2 Å². The fourth-order valence-electron chi connectivity index (χ4n) is 12.0. The van der Waals surface area contributed by atoms with Gasteiger partial charge in [0.1, 0.15) is 24.4 Å². The quantitative estimate of drug-likeness (QED) is 0.0261. The van der Waals surface area contributed by atoms with Crippen molar-refractivity contribution >= 4 is 5.91 Å². The molecule has 0 bridgehead atoms. The van der Waals surface area contributed by atoms with Crippen LogP contribution in [-0.4, -0.2) is 87.5 Å². The lowest BCUT2D eigenvalue weighted by Gasteiger charge is -2.40. The third kappa shape index (κ3) is 49.2. The average molecular weight is 1130 g/mol. The Morgan fingerprint density at radius 2 is 0.700 bits per heavy atom. The highest BCUT2D eigenvalue weighted by molar-refractivity contribution is 5.76. The number of carbonyl (C=O) groups excluding carboxylic acids is 1. The van der Waals surface area contributed by atoms with Gasteiger partial charge in [0.25, 0.3) is 0 Å². The van der Waals surface area contributed by atoms with Gasteiger partial charge < -0.3 is 40.3 Å². The summed E-state index contributed by atoms with van der Waals surface area (Å²) in [7, 11) is 0. The lowest BCUT2D eigenvalue weighted by Crippen LogP contribution is -2.60. The fraction of sp³-hybridized carbons (Fsp3) is 0.958. The summed E-state index contributed by atoms with van der Waals surface area (Å²) in [5.41, 5.74) is 0. The molecule has 0 saturated carbocycles. The van der Waals surface area contributed by atoms with Crippen LogP contribution < -0.4 is 5.32 Å². The number of nitrogens with one attached hydrogen (secondary N) is 1. The molecule has 1 fully saturated rings. The topological polar surface area (TPSA) is 149 Å². The van der Waals surface area contributed by atoms with Crippen molar-refractivity contribution in [3.63, 3.8) is 0 Å². The summed E-state index contributed by atoms with van der Waals surface area (Å²) >= 11 is 0. The SMILES string of the molecule is CCCCCCCCCC/C=C\CCCCCCCCCCCCCCCC(=O)NC(COC1OC(CO)C(O)C(O)C1O)C(O)CCCCCCCCCCCCCCCCCCCCCCCCCCCCCCCCCC. The van der Waals surface area contributed by atoms with Gasteiger partial charge in [-0.3, -0.25) is 4.79 Å². The molecule has 0 aromatic heterocycles. The van der Waals surface area contributed by atoms with Crippen molar-refractivity contribution in [2.24, 2.45) is 0 Å². The van der Waals surface area contributed by atoms with Crippen LogP contribution in [-0.2, 0) is 14.3 Å². The number of aliphatic hydroxyl groups excluding tert-OH is 5. The molecule has 476 valence electrons. The molecule has 1 heterocycles. The Kier molecular flexibility index (Phi) is 58.7.